The first-order valence-electron chi connectivity index (χ1n) is 7.09. The fraction of sp³-hybridized carbons (Fsp3) is 0.412. The van der Waals surface area contributed by atoms with Crippen LogP contribution in [0.3, 0.4) is 0 Å². The Kier molecular flexibility index (Phi) is 3.19. The van der Waals surface area contributed by atoms with E-state index in [0.717, 1.165) is 11.3 Å². The predicted molar refractivity (Wildman–Crippen MR) is 78.2 cm³/mol. The van der Waals surface area contributed by atoms with E-state index in [2.05, 4.69) is 42.8 Å². The van der Waals surface area contributed by atoms with Gasteiger partial charge in [-0.15, -0.1) is 0 Å². The molecule has 0 atom stereocenters. The van der Waals surface area contributed by atoms with Crippen molar-refractivity contribution in [3.63, 3.8) is 0 Å². The van der Waals surface area contributed by atoms with Gasteiger partial charge in [-0.25, -0.2) is 0 Å². The largest absolute Gasteiger partial charge is 0.392 e. The molecule has 0 spiro atoms. The van der Waals surface area contributed by atoms with Gasteiger partial charge in [-0.05, 0) is 67.0 Å². The van der Waals surface area contributed by atoms with Gasteiger partial charge in [0, 0.05) is 18.4 Å². The zero-order valence-corrected chi connectivity index (χ0v) is 11.7. The van der Waals surface area contributed by atoms with E-state index < -0.39 is 0 Å². The van der Waals surface area contributed by atoms with Crippen LogP contribution in [0.5, 0.6) is 0 Å². The molecule has 1 aromatic carbocycles. The lowest BCUT2D eigenvalue weighted by atomic mass is 9.90. The molecular weight excluding hydrogens is 234 g/mol. The van der Waals surface area contributed by atoms with E-state index in [1.54, 1.807) is 0 Å². The standard InChI is InChI=1S/C17H21NO/c1-12-16(11-19)10-17(18(12)2)15-8-7-13-5-3-4-6-14(13)9-15/h7-10,19H,3-6,11H2,1-2H3. The van der Waals surface area contributed by atoms with Gasteiger partial charge in [0.15, 0.2) is 0 Å². The molecule has 1 N–H and O–H groups in total. The normalized spacial score (nSPS) is 14.5. The highest BCUT2D eigenvalue weighted by atomic mass is 16.3. The van der Waals surface area contributed by atoms with Gasteiger partial charge in [0.2, 0.25) is 0 Å². The number of aliphatic hydroxyl groups is 1. The van der Waals surface area contributed by atoms with Crippen LogP contribution < -0.4 is 0 Å². The van der Waals surface area contributed by atoms with Gasteiger partial charge in [-0.3, -0.25) is 0 Å². The van der Waals surface area contributed by atoms with Crippen molar-refractivity contribution >= 4 is 0 Å². The topological polar surface area (TPSA) is 25.2 Å². The minimum Gasteiger partial charge on any atom is -0.392 e. The number of aliphatic hydroxyl groups excluding tert-OH is 1. The van der Waals surface area contributed by atoms with Crippen molar-refractivity contribution in [2.75, 3.05) is 0 Å². The molecule has 0 radical (unpaired) electrons. The lowest BCUT2D eigenvalue weighted by molar-refractivity contribution is 0.281. The first-order chi connectivity index (χ1) is 9.20. The summed E-state index contributed by atoms with van der Waals surface area (Å²) in [5, 5.41) is 9.38. The minimum atomic E-state index is 0.116. The number of nitrogens with zero attached hydrogens (tertiary/aromatic N) is 1. The van der Waals surface area contributed by atoms with E-state index in [0.29, 0.717) is 0 Å². The number of rotatable bonds is 2. The second-order valence-corrected chi connectivity index (χ2v) is 5.55. The molecular formula is C17H21NO. The number of hydrogen-bond donors (Lipinski definition) is 1. The van der Waals surface area contributed by atoms with Crippen molar-refractivity contribution in [1.82, 2.24) is 4.57 Å². The molecule has 19 heavy (non-hydrogen) atoms. The Bertz CT molecular complexity index is 610. The highest BCUT2D eigenvalue weighted by molar-refractivity contribution is 5.64. The lowest BCUT2D eigenvalue weighted by Crippen LogP contribution is -2.03. The average Bonchev–Trinajstić information content (AvgIpc) is 2.74. The molecule has 1 aliphatic rings. The fourth-order valence-electron chi connectivity index (χ4n) is 3.09. The van der Waals surface area contributed by atoms with Crippen LogP contribution in [0.2, 0.25) is 0 Å². The van der Waals surface area contributed by atoms with Gasteiger partial charge < -0.3 is 9.67 Å². The van der Waals surface area contributed by atoms with Gasteiger partial charge in [0.25, 0.3) is 0 Å². The summed E-state index contributed by atoms with van der Waals surface area (Å²) in [5.41, 5.74) is 7.67. The summed E-state index contributed by atoms with van der Waals surface area (Å²) >= 11 is 0. The molecule has 2 heteroatoms. The monoisotopic (exact) mass is 255 g/mol. The summed E-state index contributed by atoms with van der Waals surface area (Å²) in [7, 11) is 2.07. The van der Waals surface area contributed by atoms with Gasteiger partial charge >= 0.3 is 0 Å². The second-order valence-electron chi connectivity index (χ2n) is 5.55. The third-order valence-corrected chi connectivity index (χ3v) is 4.45. The highest BCUT2D eigenvalue weighted by Crippen LogP contribution is 2.29. The Balaban J connectivity index is 2.07. The van der Waals surface area contributed by atoms with E-state index in [-0.39, 0.29) is 6.61 Å². The molecule has 1 heterocycles. The number of aromatic nitrogens is 1. The third kappa shape index (κ3) is 2.10. The van der Waals surface area contributed by atoms with Crippen LogP contribution in [0.4, 0.5) is 0 Å². The molecule has 3 rings (SSSR count). The maximum absolute atomic E-state index is 9.38. The summed E-state index contributed by atoms with van der Waals surface area (Å²) in [6, 6.07) is 8.95. The molecule has 1 aromatic heterocycles. The summed E-state index contributed by atoms with van der Waals surface area (Å²) in [5.74, 6) is 0. The van der Waals surface area contributed by atoms with Crippen LogP contribution in [-0.2, 0) is 26.5 Å². The zero-order valence-electron chi connectivity index (χ0n) is 11.7. The molecule has 0 unspecified atom stereocenters. The van der Waals surface area contributed by atoms with Crippen LogP contribution in [0, 0.1) is 6.92 Å². The van der Waals surface area contributed by atoms with Gasteiger partial charge in [0.05, 0.1) is 6.61 Å². The molecule has 100 valence electrons. The van der Waals surface area contributed by atoms with Crippen LogP contribution in [0.1, 0.15) is 35.2 Å². The SMILES string of the molecule is Cc1c(CO)cc(-c2ccc3c(c2)CCCC3)n1C. The lowest BCUT2D eigenvalue weighted by Gasteiger charge is -2.17. The first kappa shape index (κ1) is 12.5. The Morgan fingerprint density at radius 3 is 2.53 bits per heavy atom. The van der Waals surface area contributed by atoms with E-state index in [4.69, 9.17) is 0 Å². The summed E-state index contributed by atoms with van der Waals surface area (Å²) in [6.07, 6.45) is 5.07. The molecule has 2 aromatic rings. The van der Waals surface area contributed by atoms with Gasteiger partial charge in [-0.1, -0.05) is 12.1 Å². The van der Waals surface area contributed by atoms with E-state index in [1.165, 1.54) is 48.1 Å². The quantitative estimate of drug-likeness (QED) is 0.874. The molecule has 0 bridgehead atoms. The first-order valence-corrected chi connectivity index (χ1v) is 7.09. The van der Waals surface area contributed by atoms with Crippen LogP contribution in [-0.4, -0.2) is 9.67 Å². The van der Waals surface area contributed by atoms with Crippen molar-refractivity contribution in [1.29, 1.82) is 0 Å². The van der Waals surface area contributed by atoms with Crippen LogP contribution >= 0.6 is 0 Å². The van der Waals surface area contributed by atoms with Crippen LogP contribution in [0.25, 0.3) is 11.3 Å². The number of fused-ring (bicyclic) bond motifs is 1. The summed E-state index contributed by atoms with van der Waals surface area (Å²) in [4.78, 5) is 0. The molecule has 0 fully saturated rings. The molecule has 0 saturated heterocycles. The van der Waals surface area contributed by atoms with Crippen molar-refractivity contribution < 1.29 is 5.11 Å². The van der Waals surface area contributed by atoms with E-state index in [9.17, 15) is 5.11 Å². The molecule has 1 aliphatic carbocycles. The Labute approximate surface area is 114 Å². The smallest absolute Gasteiger partial charge is 0.0699 e. The Morgan fingerprint density at radius 1 is 1.11 bits per heavy atom. The maximum Gasteiger partial charge on any atom is 0.0699 e. The van der Waals surface area contributed by atoms with Crippen LogP contribution in [0.15, 0.2) is 24.3 Å². The highest BCUT2D eigenvalue weighted by Gasteiger charge is 2.13. The second kappa shape index (κ2) is 4.86. The summed E-state index contributed by atoms with van der Waals surface area (Å²) in [6.45, 7) is 2.18. The number of hydrogen-bond acceptors (Lipinski definition) is 1. The van der Waals surface area contributed by atoms with E-state index in [1.807, 2.05) is 0 Å². The molecule has 0 aliphatic heterocycles. The molecule has 0 amide bonds. The fourth-order valence-corrected chi connectivity index (χ4v) is 3.09. The van der Waals surface area contributed by atoms with Crippen molar-refractivity contribution in [2.45, 2.75) is 39.2 Å². The summed E-state index contributed by atoms with van der Waals surface area (Å²) < 4.78 is 2.18. The maximum atomic E-state index is 9.38. The molecule has 0 saturated carbocycles. The number of aryl methyl sites for hydroxylation is 2. The molecule has 2 nitrogen and oxygen atoms in total. The third-order valence-electron chi connectivity index (χ3n) is 4.45. The zero-order chi connectivity index (χ0) is 13.4. The minimum absolute atomic E-state index is 0.116. The van der Waals surface area contributed by atoms with Crippen molar-refractivity contribution in [3.05, 3.63) is 46.6 Å². The Morgan fingerprint density at radius 2 is 1.84 bits per heavy atom. The Hall–Kier alpha value is -1.54. The van der Waals surface area contributed by atoms with Gasteiger partial charge in [-0.2, -0.15) is 0 Å². The van der Waals surface area contributed by atoms with Crippen molar-refractivity contribution in [3.8, 4) is 11.3 Å². The predicted octanol–water partition coefficient (Wildman–Crippen LogP) is 3.37. The van der Waals surface area contributed by atoms with Crippen molar-refractivity contribution in [2.24, 2.45) is 7.05 Å². The number of benzene rings is 1. The van der Waals surface area contributed by atoms with E-state index >= 15 is 0 Å². The van der Waals surface area contributed by atoms with Gasteiger partial charge in [0.1, 0.15) is 0 Å². The average molecular weight is 255 g/mol.